The normalized spacial score (nSPS) is 11.7. The van der Waals surface area contributed by atoms with Gasteiger partial charge in [-0.2, -0.15) is 0 Å². The fourth-order valence-corrected chi connectivity index (χ4v) is 2.79. The molecule has 8 nitrogen and oxygen atoms in total. The van der Waals surface area contributed by atoms with E-state index in [-0.39, 0.29) is 5.56 Å². The molecule has 3 amide bonds. The Morgan fingerprint density at radius 3 is 2.50 bits per heavy atom. The van der Waals surface area contributed by atoms with Gasteiger partial charge in [0, 0.05) is 12.7 Å². The topological polar surface area (TPSA) is 102 Å². The van der Waals surface area contributed by atoms with E-state index < -0.39 is 24.0 Å². The maximum atomic E-state index is 12.4. The third kappa shape index (κ3) is 3.85. The highest BCUT2D eigenvalue weighted by Crippen LogP contribution is 2.22. The van der Waals surface area contributed by atoms with E-state index in [9.17, 15) is 14.4 Å². The summed E-state index contributed by atoms with van der Waals surface area (Å²) in [4.78, 5) is 39.9. The second-order valence-electron chi connectivity index (χ2n) is 6.15. The van der Waals surface area contributed by atoms with E-state index in [0.717, 1.165) is 17.0 Å². The summed E-state index contributed by atoms with van der Waals surface area (Å²) < 4.78 is 7.14. The van der Waals surface area contributed by atoms with Crippen molar-refractivity contribution in [1.82, 2.24) is 20.2 Å². The molecule has 0 unspecified atom stereocenters. The number of esters is 1. The molecular weight excluding hydrogens is 360 g/mol. The maximum Gasteiger partial charge on any atom is 0.338 e. The first-order chi connectivity index (χ1) is 13.4. The van der Waals surface area contributed by atoms with Crippen LogP contribution in [-0.2, 0) is 9.53 Å². The summed E-state index contributed by atoms with van der Waals surface area (Å²) in [6.07, 6.45) is -1.12. The molecule has 1 atom stereocenters. The Bertz CT molecular complexity index is 1040. The molecule has 0 saturated heterocycles. The first-order valence-corrected chi connectivity index (χ1v) is 8.68. The van der Waals surface area contributed by atoms with Gasteiger partial charge < -0.3 is 10.1 Å². The Labute approximate surface area is 161 Å². The molecule has 0 saturated carbocycles. The smallest absolute Gasteiger partial charge is 0.338 e. The van der Waals surface area contributed by atoms with Gasteiger partial charge in [0.1, 0.15) is 5.82 Å². The zero-order valence-electron chi connectivity index (χ0n) is 15.7. The first-order valence-electron chi connectivity index (χ1n) is 8.68. The third-order valence-electron chi connectivity index (χ3n) is 4.19. The number of nitrogens with zero attached hydrogens (tertiary/aromatic N) is 2. The van der Waals surface area contributed by atoms with Crippen molar-refractivity contribution in [2.24, 2.45) is 0 Å². The Morgan fingerprint density at radius 1 is 1.11 bits per heavy atom. The monoisotopic (exact) mass is 380 g/mol. The molecule has 0 aliphatic heterocycles. The lowest BCUT2D eigenvalue weighted by Crippen LogP contribution is -2.43. The summed E-state index contributed by atoms with van der Waals surface area (Å²) in [5.41, 5.74) is 2.73. The molecule has 8 heteroatoms. The molecule has 3 aromatic rings. The van der Waals surface area contributed by atoms with Gasteiger partial charge in [-0.15, -0.1) is 0 Å². The highest BCUT2D eigenvalue weighted by Gasteiger charge is 2.21. The lowest BCUT2D eigenvalue weighted by Gasteiger charge is -2.12. The van der Waals surface area contributed by atoms with Gasteiger partial charge in [-0.05, 0) is 44.2 Å². The highest BCUT2D eigenvalue weighted by atomic mass is 16.5. The van der Waals surface area contributed by atoms with Gasteiger partial charge >= 0.3 is 12.0 Å². The Kier molecular flexibility index (Phi) is 5.39. The number of para-hydroxylation sites is 1. The Balaban J connectivity index is 1.82. The van der Waals surface area contributed by atoms with Gasteiger partial charge in [-0.25, -0.2) is 14.6 Å². The third-order valence-corrected chi connectivity index (χ3v) is 4.19. The molecule has 3 rings (SSSR count). The molecule has 0 aliphatic carbocycles. The standard InChI is InChI=1S/C20H20N4O4/c1-12(18(25)23-20(27)21-3)28-19(26)14-9-10-17-16(11-14)22-13(2)24(17)15-7-5-4-6-8-15/h4-12H,1-3H3,(H2,21,23,25,27)/t12-/m1/s1. The lowest BCUT2D eigenvalue weighted by atomic mass is 10.2. The molecule has 0 spiro atoms. The molecule has 28 heavy (non-hydrogen) atoms. The van der Waals surface area contributed by atoms with Gasteiger partial charge in [0.25, 0.3) is 5.91 Å². The number of fused-ring (bicyclic) bond motifs is 1. The molecule has 1 heterocycles. The average molecular weight is 380 g/mol. The highest BCUT2D eigenvalue weighted by molar-refractivity contribution is 5.99. The summed E-state index contributed by atoms with van der Waals surface area (Å²) in [6, 6.07) is 14.1. The van der Waals surface area contributed by atoms with Gasteiger partial charge in [-0.1, -0.05) is 18.2 Å². The first kappa shape index (κ1) is 19.1. The van der Waals surface area contributed by atoms with E-state index >= 15 is 0 Å². The molecule has 2 N–H and O–H groups in total. The zero-order chi connectivity index (χ0) is 20.3. The van der Waals surface area contributed by atoms with Crippen LogP contribution in [0, 0.1) is 6.92 Å². The minimum absolute atomic E-state index is 0.268. The van der Waals surface area contributed by atoms with Gasteiger partial charge in [-0.3, -0.25) is 14.7 Å². The molecule has 144 valence electrons. The number of benzene rings is 2. The van der Waals surface area contributed by atoms with Crippen molar-refractivity contribution >= 4 is 28.9 Å². The number of aryl methyl sites for hydroxylation is 1. The number of amides is 3. The van der Waals surface area contributed by atoms with Gasteiger partial charge in [0.15, 0.2) is 6.10 Å². The maximum absolute atomic E-state index is 12.4. The predicted octanol–water partition coefficient (Wildman–Crippen LogP) is 2.33. The predicted molar refractivity (Wildman–Crippen MR) is 103 cm³/mol. The second kappa shape index (κ2) is 7.91. The fraction of sp³-hybridized carbons (Fsp3) is 0.200. The van der Waals surface area contributed by atoms with Crippen LogP contribution in [0.25, 0.3) is 16.7 Å². The van der Waals surface area contributed by atoms with Crippen molar-refractivity contribution in [1.29, 1.82) is 0 Å². The number of urea groups is 1. The van der Waals surface area contributed by atoms with Crippen LogP contribution in [-0.4, -0.2) is 40.6 Å². The fourth-order valence-electron chi connectivity index (χ4n) is 2.79. The molecule has 0 fully saturated rings. The van der Waals surface area contributed by atoms with E-state index in [0.29, 0.717) is 5.52 Å². The van der Waals surface area contributed by atoms with Crippen LogP contribution in [0.5, 0.6) is 0 Å². The summed E-state index contributed by atoms with van der Waals surface area (Å²) in [6.45, 7) is 3.28. The number of hydrogen-bond acceptors (Lipinski definition) is 5. The summed E-state index contributed by atoms with van der Waals surface area (Å²) >= 11 is 0. The van der Waals surface area contributed by atoms with Crippen molar-refractivity contribution in [3.05, 3.63) is 59.9 Å². The van der Waals surface area contributed by atoms with Crippen LogP contribution in [0.4, 0.5) is 4.79 Å². The number of hydrogen-bond donors (Lipinski definition) is 2. The zero-order valence-corrected chi connectivity index (χ0v) is 15.7. The number of carbonyl (C=O) groups excluding carboxylic acids is 3. The van der Waals surface area contributed by atoms with Crippen molar-refractivity contribution in [2.45, 2.75) is 20.0 Å². The number of ether oxygens (including phenoxy) is 1. The van der Waals surface area contributed by atoms with E-state index in [1.54, 1.807) is 18.2 Å². The lowest BCUT2D eigenvalue weighted by molar-refractivity contribution is -0.127. The van der Waals surface area contributed by atoms with Crippen LogP contribution in [0.1, 0.15) is 23.1 Å². The molecule has 1 aromatic heterocycles. The van der Waals surface area contributed by atoms with Crippen LogP contribution in [0.3, 0.4) is 0 Å². The number of nitrogens with one attached hydrogen (secondary N) is 2. The van der Waals surface area contributed by atoms with Crippen LogP contribution in [0.15, 0.2) is 48.5 Å². The number of aromatic nitrogens is 2. The Hall–Kier alpha value is -3.68. The summed E-state index contributed by atoms with van der Waals surface area (Å²) in [7, 11) is 1.38. The van der Waals surface area contributed by atoms with E-state index in [2.05, 4.69) is 15.6 Å². The largest absolute Gasteiger partial charge is 0.449 e. The minimum Gasteiger partial charge on any atom is -0.449 e. The van der Waals surface area contributed by atoms with Crippen LogP contribution < -0.4 is 10.6 Å². The minimum atomic E-state index is -1.12. The molecular formula is C20H20N4O4. The quantitative estimate of drug-likeness (QED) is 0.677. The van der Waals surface area contributed by atoms with E-state index in [1.165, 1.54) is 14.0 Å². The molecule has 0 radical (unpaired) electrons. The summed E-state index contributed by atoms with van der Waals surface area (Å²) in [5.74, 6) is -0.601. The Morgan fingerprint density at radius 2 is 1.82 bits per heavy atom. The van der Waals surface area contributed by atoms with E-state index in [1.807, 2.05) is 41.8 Å². The van der Waals surface area contributed by atoms with Gasteiger partial charge in [0.2, 0.25) is 0 Å². The molecule has 0 aliphatic rings. The van der Waals surface area contributed by atoms with Crippen LogP contribution >= 0.6 is 0 Å². The van der Waals surface area contributed by atoms with Crippen molar-refractivity contribution in [3.63, 3.8) is 0 Å². The molecule has 2 aromatic carbocycles. The van der Waals surface area contributed by atoms with E-state index in [4.69, 9.17) is 4.74 Å². The summed E-state index contributed by atoms with van der Waals surface area (Å²) in [5, 5.41) is 4.32. The second-order valence-corrected chi connectivity index (χ2v) is 6.15. The van der Waals surface area contributed by atoms with Crippen molar-refractivity contribution in [3.8, 4) is 5.69 Å². The number of carbonyl (C=O) groups is 3. The van der Waals surface area contributed by atoms with Crippen molar-refractivity contribution < 1.29 is 19.1 Å². The van der Waals surface area contributed by atoms with Crippen LogP contribution in [0.2, 0.25) is 0 Å². The number of imide groups is 1. The molecule has 0 bridgehead atoms. The SMILES string of the molecule is CNC(=O)NC(=O)[C@@H](C)OC(=O)c1ccc2c(c1)nc(C)n2-c1ccccc1. The average Bonchev–Trinajstić information content (AvgIpc) is 3.03. The number of imidazole rings is 1. The number of rotatable bonds is 4. The van der Waals surface area contributed by atoms with Crippen molar-refractivity contribution in [2.75, 3.05) is 7.05 Å². The van der Waals surface area contributed by atoms with Gasteiger partial charge in [0.05, 0.1) is 16.6 Å².